The molecule has 0 radical (unpaired) electrons. The van der Waals surface area contributed by atoms with Crippen LogP contribution in [0.4, 0.5) is 0 Å². The molecule has 0 amide bonds. The molecule has 0 aromatic carbocycles. The number of hydrogen-bond donors (Lipinski definition) is 2. The Morgan fingerprint density at radius 1 is 0.957 bits per heavy atom. The van der Waals surface area contributed by atoms with Gasteiger partial charge in [0, 0.05) is 25.0 Å². The van der Waals surface area contributed by atoms with Gasteiger partial charge in [0.1, 0.15) is 9.75 Å². The summed E-state index contributed by atoms with van der Waals surface area (Å²) in [4.78, 5) is -3.11. The summed E-state index contributed by atoms with van der Waals surface area (Å²) >= 11 is 27.0. The third kappa shape index (κ3) is 1.35. The van der Waals surface area contributed by atoms with Crippen molar-refractivity contribution < 1.29 is 19.7 Å². The van der Waals surface area contributed by atoms with Crippen molar-refractivity contribution >= 4 is 46.4 Å². The maximum Gasteiger partial charge on any atom is 0.218 e. The van der Waals surface area contributed by atoms with Gasteiger partial charge in [-0.2, -0.15) is 0 Å². The minimum atomic E-state index is -1.64. The summed E-state index contributed by atoms with van der Waals surface area (Å²) in [6, 6.07) is 0. The number of allylic oxidation sites excluding steroid dienone is 1. The van der Waals surface area contributed by atoms with Crippen LogP contribution in [0, 0.1) is 10.8 Å². The molecule has 0 spiro atoms. The molecule has 3 aliphatic rings. The molecule has 2 saturated carbocycles. The van der Waals surface area contributed by atoms with Crippen molar-refractivity contribution in [1.82, 2.24) is 0 Å². The highest BCUT2D eigenvalue weighted by Gasteiger charge is 2.95. The number of rotatable bonds is 4. The number of ether oxygens (including phenoxy) is 2. The number of aliphatic hydroxyl groups is 2. The fourth-order valence-electron chi connectivity index (χ4n) is 5.31. The van der Waals surface area contributed by atoms with Crippen LogP contribution < -0.4 is 0 Å². The molecule has 2 bridgehead atoms. The quantitative estimate of drug-likeness (QED) is 0.430. The highest BCUT2D eigenvalue weighted by atomic mass is 35.5. The summed E-state index contributed by atoms with van der Waals surface area (Å²) in [6.07, 6.45) is 0.660. The minimum Gasteiger partial charge on any atom is -0.396 e. The van der Waals surface area contributed by atoms with Crippen LogP contribution in [0.25, 0.3) is 0 Å². The van der Waals surface area contributed by atoms with E-state index in [0.717, 1.165) is 5.57 Å². The van der Waals surface area contributed by atoms with Crippen LogP contribution in [0.15, 0.2) is 22.2 Å². The van der Waals surface area contributed by atoms with Crippen molar-refractivity contribution in [3.05, 3.63) is 22.2 Å². The van der Waals surface area contributed by atoms with Gasteiger partial charge in [0.05, 0.1) is 23.3 Å². The number of aliphatic hydroxyl groups excluding tert-OH is 2. The van der Waals surface area contributed by atoms with E-state index in [1.165, 1.54) is 14.2 Å². The van der Waals surface area contributed by atoms with E-state index < -0.39 is 26.4 Å². The summed E-state index contributed by atoms with van der Waals surface area (Å²) in [6.45, 7) is 3.25. The van der Waals surface area contributed by atoms with E-state index in [9.17, 15) is 10.2 Å². The number of alkyl halides is 2. The Labute approximate surface area is 154 Å². The molecule has 2 unspecified atom stereocenters. The molecule has 2 fully saturated rings. The van der Waals surface area contributed by atoms with Gasteiger partial charge in [-0.15, -0.1) is 23.2 Å². The molecule has 0 aromatic rings. The summed E-state index contributed by atoms with van der Waals surface area (Å²) in [5, 5.41) is 20.8. The van der Waals surface area contributed by atoms with Crippen molar-refractivity contribution in [3.63, 3.8) is 0 Å². The van der Waals surface area contributed by atoms with Gasteiger partial charge in [0.25, 0.3) is 0 Å². The van der Waals surface area contributed by atoms with E-state index >= 15 is 0 Å². The second kappa shape index (κ2) is 5.01. The number of halogens is 4. The van der Waals surface area contributed by atoms with E-state index in [-0.39, 0.29) is 23.3 Å². The zero-order valence-corrected chi connectivity index (χ0v) is 15.8. The van der Waals surface area contributed by atoms with Crippen LogP contribution in [0.5, 0.6) is 0 Å². The van der Waals surface area contributed by atoms with Crippen molar-refractivity contribution in [3.8, 4) is 0 Å². The van der Waals surface area contributed by atoms with Crippen LogP contribution in [0.1, 0.15) is 12.8 Å². The molecule has 4 atom stereocenters. The molecule has 23 heavy (non-hydrogen) atoms. The van der Waals surface area contributed by atoms with Crippen LogP contribution in [-0.4, -0.2) is 53.2 Å². The smallest absolute Gasteiger partial charge is 0.218 e. The Hall–Kier alpha value is 0.480. The Bertz CT molecular complexity index is 573. The lowest BCUT2D eigenvalue weighted by Gasteiger charge is -2.50. The van der Waals surface area contributed by atoms with E-state index in [4.69, 9.17) is 55.9 Å². The average Bonchev–Trinajstić information content (AvgIpc) is 2.97. The molecule has 4 nitrogen and oxygen atoms in total. The van der Waals surface area contributed by atoms with Crippen LogP contribution in [-0.2, 0) is 9.47 Å². The SMILES string of the molecule is C=C1CC2(CO)C(CO)(C1)[C@@]1(Cl)C(Cl)=C(Cl)[C@]2(Cl)C1(OC)OC. The molecule has 3 rings (SSSR count). The second-order valence-electron chi connectivity index (χ2n) is 6.55. The Morgan fingerprint density at radius 3 is 1.57 bits per heavy atom. The zero-order chi connectivity index (χ0) is 17.5. The third-order valence-corrected chi connectivity index (χ3v) is 8.99. The van der Waals surface area contributed by atoms with Gasteiger partial charge in [0.15, 0.2) is 0 Å². The first-order chi connectivity index (χ1) is 10.7. The molecule has 0 heterocycles. The summed E-state index contributed by atoms with van der Waals surface area (Å²) < 4.78 is 11.3. The highest BCUT2D eigenvalue weighted by molar-refractivity contribution is 6.52. The third-order valence-electron chi connectivity index (χ3n) is 6.16. The molecular weight excluding hydrogens is 386 g/mol. The largest absolute Gasteiger partial charge is 0.396 e. The molecule has 0 aromatic heterocycles. The maximum atomic E-state index is 10.3. The molecule has 2 N–H and O–H groups in total. The van der Waals surface area contributed by atoms with Gasteiger partial charge in [-0.05, 0) is 12.8 Å². The second-order valence-corrected chi connectivity index (χ2v) is 8.44. The summed E-state index contributed by atoms with van der Waals surface area (Å²) in [7, 11) is 2.78. The summed E-state index contributed by atoms with van der Waals surface area (Å²) in [5.74, 6) is -1.64. The first kappa shape index (κ1) is 18.3. The van der Waals surface area contributed by atoms with Crippen molar-refractivity contribution in [1.29, 1.82) is 0 Å². The lowest BCUT2D eigenvalue weighted by Crippen LogP contribution is -2.60. The van der Waals surface area contributed by atoms with Crippen molar-refractivity contribution in [2.45, 2.75) is 28.4 Å². The Kier molecular flexibility index (Phi) is 3.98. The average molecular weight is 404 g/mol. The molecular formula is C15H18Cl4O4. The Balaban J connectivity index is 2.49. The lowest BCUT2D eigenvalue weighted by molar-refractivity contribution is -0.227. The van der Waals surface area contributed by atoms with Crippen LogP contribution in [0.3, 0.4) is 0 Å². The van der Waals surface area contributed by atoms with Crippen molar-refractivity contribution in [2.24, 2.45) is 10.8 Å². The maximum absolute atomic E-state index is 10.3. The van der Waals surface area contributed by atoms with Gasteiger partial charge in [-0.25, -0.2) is 0 Å². The molecule has 3 aliphatic carbocycles. The van der Waals surface area contributed by atoms with Gasteiger partial charge in [-0.1, -0.05) is 35.4 Å². The Morgan fingerprint density at radius 2 is 1.30 bits per heavy atom. The zero-order valence-electron chi connectivity index (χ0n) is 12.8. The first-order valence-electron chi connectivity index (χ1n) is 7.09. The fraction of sp³-hybridized carbons (Fsp3) is 0.733. The van der Waals surface area contributed by atoms with Crippen LogP contribution >= 0.6 is 46.4 Å². The highest BCUT2D eigenvalue weighted by Crippen LogP contribution is 2.86. The molecule has 8 heteroatoms. The number of fused-ring (bicyclic) bond motifs is 5. The predicted molar refractivity (Wildman–Crippen MR) is 90.1 cm³/mol. The van der Waals surface area contributed by atoms with Crippen LogP contribution in [0.2, 0.25) is 0 Å². The number of methoxy groups -OCH3 is 2. The van der Waals surface area contributed by atoms with Gasteiger partial charge in [-0.3, -0.25) is 0 Å². The van der Waals surface area contributed by atoms with E-state index in [1.54, 1.807) is 0 Å². The molecule has 130 valence electrons. The summed E-state index contributed by atoms with van der Waals surface area (Å²) in [5.41, 5.74) is -1.42. The monoisotopic (exact) mass is 402 g/mol. The number of hydrogen-bond acceptors (Lipinski definition) is 4. The van der Waals surface area contributed by atoms with E-state index in [1.807, 2.05) is 0 Å². The fourth-order valence-corrected chi connectivity index (χ4v) is 7.75. The van der Waals surface area contributed by atoms with Gasteiger partial charge >= 0.3 is 0 Å². The molecule has 0 aliphatic heterocycles. The van der Waals surface area contributed by atoms with E-state index in [0.29, 0.717) is 12.8 Å². The predicted octanol–water partition coefficient (Wildman–Crippen LogP) is 2.95. The van der Waals surface area contributed by atoms with E-state index in [2.05, 4.69) is 6.58 Å². The topological polar surface area (TPSA) is 58.9 Å². The minimum absolute atomic E-state index is 0.0763. The van der Waals surface area contributed by atoms with Gasteiger partial charge < -0.3 is 19.7 Å². The molecule has 0 saturated heterocycles. The van der Waals surface area contributed by atoms with Gasteiger partial charge in [0.2, 0.25) is 5.79 Å². The normalized spacial score (nSPS) is 47.6. The van der Waals surface area contributed by atoms with Crippen molar-refractivity contribution in [2.75, 3.05) is 27.4 Å². The first-order valence-corrected chi connectivity index (χ1v) is 8.60. The standard InChI is InChI=1S/C15H18Cl4O4/c1-8-4-11(6-20)12(5-8,7-21)14(19)10(17)9(16)13(11,18)15(14,22-2)23-3/h20-21H,1,4-7H2,2-3H3/t11?,12?,13-,14+. The lowest BCUT2D eigenvalue weighted by atomic mass is 9.59.